The molecule has 0 aromatic heterocycles. The molecule has 1 aliphatic heterocycles. The molecule has 3 rings (SSSR count). The number of amides is 3. The lowest BCUT2D eigenvalue weighted by Crippen LogP contribution is -2.49. The Hall–Kier alpha value is -3.24. The first kappa shape index (κ1) is 26.4. The Morgan fingerprint density at radius 2 is 1.57 bits per heavy atom. The van der Waals surface area contributed by atoms with E-state index in [1.54, 1.807) is 23.1 Å². The zero-order valence-electron chi connectivity index (χ0n) is 19.1. The number of rotatable bonds is 4. The highest BCUT2D eigenvalue weighted by molar-refractivity contribution is 5.81. The molecular weight excluding hydrogens is 476 g/mol. The van der Waals surface area contributed by atoms with Gasteiger partial charge in [-0.15, -0.1) is 0 Å². The second-order valence-electron chi connectivity index (χ2n) is 8.52. The lowest BCUT2D eigenvalue weighted by molar-refractivity contribution is -0.143. The van der Waals surface area contributed by atoms with Gasteiger partial charge < -0.3 is 15.1 Å². The standard InChI is InChI=1S/C24H25F6N3O2/c1-31-22(35)33-9-8-19(20(14-33)16-6-4-3-5-7-16)21(34)32(2)13-15-10-17(23(25,26)27)12-18(11-15)24(28,29)30/h3-7,10-12,19-20H,8-9,13-14H2,1-2H3,(H,31,35). The Morgan fingerprint density at radius 1 is 1.00 bits per heavy atom. The van der Waals surface area contributed by atoms with Crippen molar-refractivity contribution in [3.63, 3.8) is 0 Å². The molecule has 3 amide bonds. The number of carbonyl (C=O) groups excluding carboxylic acids is 2. The van der Waals surface area contributed by atoms with Crippen molar-refractivity contribution >= 4 is 11.9 Å². The number of urea groups is 1. The summed E-state index contributed by atoms with van der Waals surface area (Å²) in [5, 5.41) is 2.55. The molecule has 11 heteroatoms. The van der Waals surface area contributed by atoms with Crippen molar-refractivity contribution < 1.29 is 35.9 Å². The number of likely N-dealkylation sites (tertiary alicyclic amines) is 1. The Morgan fingerprint density at radius 3 is 2.09 bits per heavy atom. The molecule has 2 aromatic carbocycles. The number of carbonyl (C=O) groups is 2. The van der Waals surface area contributed by atoms with E-state index in [0.717, 1.165) is 10.5 Å². The molecule has 1 heterocycles. The van der Waals surface area contributed by atoms with E-state index in [0.29, 0.717) is 18.6 Å². The number of benzene rings is 2. The van der Waals surface area contributed by atoms with Crippen LogP contribution in [-0.2, 0) is 23.7 Å². The van der Waals surface area contributed by atoms with Crippen LogP contribution >= 0.6 is 0 Å². The molecule has 2 unspecified atom stereocenters. The Kier molecular flexibility index (Phi) is 7.66. The van der Waals surface area contributed by atoms with Crippen molar-refractivity contribution in [2.75, 3.05) is 27.2 Å². The van der Waals surface area contributed by atoms with Crippen molar-refractivity contribution in [3.8, 4) is 0 Å². The van der Waals surface area contributed by atoms with E-state index in [9.17, 15) is 35.9 Å². The molecule has 1 fully saturated rings. The van der Waals surface area contributed by atoms with Gasteiger partial charge in [-0.1, -0.05) is 30.3 Å². The summed E-state index contributed by atoms with van der Waals surface area (Å²) < 4.78 is 79.2. The van der Waals surface area contributed by atoms with Gasteiger partial charge in [0.15, 0.2) is 0 Å². The summed E-state index contributed by atoms with van der Waals surface area (Å²) in [6.45, 7) is 0.105. The maximum Gasteiger partial charge on any atom is 0.416 e. The van der Waals surface area contributed by atoms with Crippen LogP contribution in [0.15, 0.2) is 48.5 Å². The fourth-order valence-electron chi connectivity index (χ4n) is 4.37. The minimum atomic E-state index is -4.97. The first-order valence-corrected chi connectivity index (χ1v) is 10.9. The minimum Gasteiger partial charge on any atom is -0.341 e. The topological polar surface area (TPSA) is 52.7 Å². The van der Waals surface area contributed by atoms with Crippen LogP contribution < -0.4 is 5.32 Å². The van der Waals surface area contributed by atoms with Crippen molar-refractivity contribution in [3.05, 3.63) is 70.8 Å². The molecule has 1 aliphatic rings. The zero-order chi connectivity index (χ0) is 26.0. The molecule has 0 bridgehead atoms. The van der Waals surface area contributed by atoms with E-state index in [2.05, 4.69) is 5.32 Å². The van der Waals surface area contributed by atoms with Crippen LogP contribution in [0.5, 0.6) is 0 Å². The van der Waals surface area contributed by atoms with E-state index in [-0.39, 0.29) is 36.7 Å². The molecule has 0 radical (unpaired) electrons. The van der Waals surface area contributed by atoms with E-state index >= 15 is 0 Å². The maximum atomic E-state index is 13.4. The summed E-state index contributed by atoms with van der Waals surface area (Å²) in [6, 6.07) is 10.0. The molecule has 0 spiro atoms. The van der Waals surface area contributed by atoms with Crippen LogP contribution in [0.25, 0.3) is 0 Å². The molecule has 2 atom stereocenters. The van der Waals surface area contributed by atoms with Gasteiger partial charge in [0.1, 0.15) is 0 Å². The molecule has 2 aromatic rings. The van der Waals surface area contributed by atoms with Crippen molar-refractivity contribution in [1.82, 2.24) is 15.1 Å². The number of hydrogen-bond acceptors (Lipinski definition) is 2. The number of piperidine rings is 1. The number of nitrogens with zero attached hydrogens (tertiary/aromatic N) is 2. The summed E-state index contributed by atoms with van der Waals surface area (Å²) in [4.78, 5) is 28.2. The highest BCUT2D eigenvalue weighted by atomic mass is 19.4. The summed E-state index contributed by atoms with van der Waals surface area (Å²) in [5.74, 6) is -1.40. The minimum absolute atomic E-state index is 0.0608. The summed E-state index contributed by atoms with van der Waals surface area (Å²) in [7, 11) is 2.85. The van der Waals surface area contributed by atoms with Gasteiger partial charge in [-0.3, -0.25) is 4.79 Å². The normalized spacial score (nSPS) is 18.8. The number of hydrogen-bond donors (Lipinski definition) is 1. The number of alkyl halides is 6. The van der Waals surface area contributed by atoms with Crippen LogP contribution in [-0.4, -0.2) is 48.9 Å². The van der Waals surface area contributed by atoms with Crippen LogP contribution in [0.4, 0.5) is 31.1 Å². The summed E-state index contributed by atoms with van der Waals surface area (Å²) >= 11 is 0. The van der Waals surface area contributed by atoms with Crippen molar-refractivity contribution in [2.45, 2.75) is 31.2 Å². The highest BCUT2D eigenvalue weighted by Crippen LogP contribution is 2.37. The fourth-order valence-corrected chi connectivity index (χ4v) is 4.37. The van der Waals surface area contributed by atoms with Crippen LogP contribution in [0.1, 0.15) is 34.6 Å². The molecule has 190 valence electrons. The summed E-state index contributed by atoms with van der Waals surface area (Å²) in [5.41, 5.74) is -2.32. The zero-order valence-corrected chi connectivity index (χ0v) is 19.1. The van der Waals surface area contributed by atoms with Gasteiger partial charge in [-0.2, -0.15) is 26.3 Å². The third-order valence-corrected chi connectivity index (χ3v) is 6.10. The predicted octanol–water partition coefficient (Wildman–Crippen LogP) is 5.13. The first-order valence-electron chi connectivity index (χ1n) is 10.9. The lowest BCUT2D eigenvalue weighted by atomic mass is 9.80. The van der Waals surface area contributed by atoms with Crippen LogP contribution in [0, 0.1) is 5.92 Å². The molecular formula is C24H25F6N3O2. The van der Waals surface area contributed by atoms with Gasteiger partial charge in [0.05, 0.1) is 11.1 Å². The Balaban J connectivity index is 1.87. The fraction of sp³-hybridized carbons (Fsp3) is 0.417. The van der Waals surface area contributed by atoms with E-state index in [1.165, 1.54) is 14.1 Å². The second kappa shape index (κ2) is 10.2. The van der Waals surface area contributed by atoms with E-state index in [1.807, 2.05) is 12.1 Å². The Labute approximate surface area is 198 Å². The number of nitrogens with one attached hydrogen (secondary N) is 1. The summed E-state index contributed by atoms with van der Waals surface area (Å²) in [6.07, 6.45) is -9.64. The van der Waals surface area contributed by atoms with Gasteiger partial charge >= 0.3 is 18.4 Å². The van der Waals surface area contributed by atoms with Gasteiger partial charge in [-0.05, 0) is 35.7 Å². The smallest absolute Gasteiger partial charge is 0.341 e. The maximum absolute atomic E-state index is 13.4. The van der Waals surface area contributed by atoms with Crippen LogP contribution in [0.2, 0.25) is 0 Å². The molecule has 1 N–H and O–H groups in total. The SMILES string of the molecule is CNC(=O)N1CCC(C(=O)N(C)Cc2cc(C(F)(F)F)cc(C(F)(F)F)c2)C(c2ccccc2)C1. The lowest BCUT2D eigenvalue weighted by Gasteiger charge is -2.39. The third-order valence-electron chi connectivity index (χ3n) is 6.10. The largest absolute Gasteiger partial charge is 0.416 e. The molecule has 0 saturated carbocycles. The average Bonchev–Trinajstić information content (AvgIpc) is 2.82. The van der Waals surface area contributed by atoms with Crippen molar-refractivity contribution in [2.24, 2.45) is 5.92 Å². The van der Waals surface area contributed by atoms with Gasteiger partial charge in [0.2, 0.25) is 5.91 Å². The number of halogens is 6. The highest BCUT2D eigenvalue weighted by Gasteiger charge is 2.39. The van der Waals surface area contributed by atoms with Crippen molar-refractivity contribution in [1.29, 1.82) is 0 Å². The van der Waals surface area contributed by atoms with E-state index < -0.39 is 41.8 Å². The molecule has 0 aliphatic carbocycles. The monoisotopic (exact) mass is 501 g/mol. The average molecular weight is 501 g/mol. The second-order valence-corrected chi connectivity index (χ2v) is 8.52. The Bertz CT molecular complexity index is 1020. The predicted molar refractivity (Wildman–Crippen MR) is 116 cm³/mol. The molecule has 1 saturated heterocycles. The van der Waals surface area contributed by atoms with Crippen LogP contribution in [0.3, 0.4) is 0 Å². The molecule has 35 heavy (non-hydrogen) atoms. The van der Waals surface area contributed by atoms with E-state index in [4.69, 9.17) is 0 Å². The van der Waals surface area contributed by atoms with Gasteiger partial charge in [0.25, 0.3) is 0 Å². The first-order chi connectivity index (χ1) is 16.3. The molecule has 5 nitrogen and oxygen atoms in total. The van der Waals surface area contributed by atoms with Gasteiger partial charge in [-0.25, -0.2) is 4.79 Å². The third kappa shape index (κ3) is 6.26. The quantitative estimate of drug-likeness (QED) is 0.591. The van der Waals surface area contributed by atoms with Gasteiger partial charge in [0, 0.05) is 45.6 Å².